The van der Waals surface area contributed by atoms with Gasteiger partial charge in [0.1, 0.15) is 5.88 Å². The van der Waals surface area contributed by atoms with Crippen LogP contribution in [0.1, 0.15) is 17.0 Å². The second-order valence-corrected chi connectivity index (χ2v) is 3.72. The molecule has 0 saturated heterocycles. The Labute approximate surface area is 93.1 Å². The van der Waals surface area contributed by atoms with Crippen LogP contribution >= 0.6 is 11.6 Å². The Morgan fingerprint density at radius 1 is 1.27 bits per heavy atom. The van der Waals surface area contributed by atoms with E-state index in [9.17, 15) is 0 Å². The molecule has 1 aromatic heterocycles. The van der Waals surface area contributed by atoms with E-state index in [4.69, 9.17) is 16.0 Å². The van der Waals surface area contributed by atoms with E-state index in [1.54, 1.807) is 0 Å². The van der Waals surface area contributed by atoms with E-state index in [-0.39, 0.29) is 5.88 Å². The van der Waals surface area contributed by atoms with Crippen molar-refractivity contribution in [2.45, 2.75) is 19.7 Å². The molecule has 78 valence electrons. The highest BCUT2D eigenvalue weighted by molar-refractivity contribution is 6.16. The quantitative estimate of drug-likeness (QED) is 0.733. The molecule has 0 aliphatic heterocycles. The summed E-state index contributed by atoms with van der Waals surface area (Å²) in [5, 5.41) is 7.77. The fourth-order valence-electron chi connectivity index (χ4n) is 1.47. The van der Waals surface area contributed by atoms with Gasteiger partial charge in [-0.2, -0.15) is 0 Å². The lowest BCUT2D eigenvalue weighted by molar-refractivity contribution is 0.527. The zero-order chi connectivity index (χ0) is 10.8. The number of aromatic nitrogens is 2. The molecule has 1 heterocycles. The first-order valence-electron chi connectivity index (χ1n) is 4.66. The second-order valence-electron chi connectivity index (χ2n) is 3.45. The monoisotopic (exact) mass is 222 g/mol. The molecule has 2 rings (SSSR count). The van der Waals surface area contributed by atoms with Crippen LogP contribution in [-0.2, 0) is 5.88 Å². The first kappa shape index (κ1) is 10.2. The fourth-order valence-corrected chi connectivity index (χ4v) is 1.58. The third-order valence-electron chi connectivity index (χ3n) is 2.19. The molecule has 3 nitrogen and oxygen atoms in total. The number of hydrogen-bond acceptors (Lipinski definition) is 3. The molecule has 0 amide bonds. The van der Waals surface area contributed by atoms with Crippen LogP contribution in [0.15, 0.2) is 22.6 Å². The van der Waals surface area contributed by atoms with Gasteiger partial charge in [0.2, 0.25) is 11.8 Å². The predicted octanol–water partition coefficient (Wildman–Crippen LogP) is 3.09. The Morgan fingerprint density at radius 2 is 2.07 bits per heavy atom. The molecule has 0 unspecified atom stereocenters. The van der Waals surface area contributed by atoms with Gasteiger partial charge >= 0.3 is 0 Å². The van der Waals surface area contributed by atoms with Gasteiger partial charge in [-0.25, -0.2) is 0 Å². The molecule has 0 aliphatic carbocycles. The van der Waals surface area contributed by atoms with Gasteiger partial charge in [0.15, 0.2) is 0 Å². The average molecular weight is 223 g/mol. The minimum atomic E-state index is 0.248. The largest absolute Gasteiger partial charge is 0.419 e. The first-order valence-corrected chi connectivity index (χ1v) is 5.20. The molecule has 0 N–H and O–H groups in total. The molecule has 0 saturated carbocycles. The van der Waals surface area contributed by atoms with Crippen molar-refractivity contribution in [3.8, 4) is 11.5 Å². The second kappa shape index (κ2) is 4.03. The molecule has 0 spiro atoms. The molecule has 1 aromatic carbocycles. The molecule has 0 fully saturated rings. The Balaban J connectivity index is 2.44. The third kappa shape index (κ3) is 2.02. The van der Waals surface area contributed by atoms with Gasteiger partial charge in [-0.3, -0.25) is 0 Å². The third-order valence-corrected chi connectivity index (χ3v) is 2.42. The summed E-state index contributed by atoms with van der Waals surface area (Å²) in [6.45, 7) is 4.07. The van der Waals surface area contributed by atoms with Gasteiger partial charge in [0.05, 0.1) is 0 Å². The van der Waals surface area contributed by atoms with Crippen LogP contribution in [-0.4, -0.2) is 10.2 Å². The van der Waals surface area contributed by atoms with Gasteiger partial charge in [0, 0.05) is 5.56 Å². The summed E-state index contributed by atoms with van der Waals surface area (Å²) in [4.78, 5) is 0. The van der Waals surface area contributed by atoms with Gasteiger partial charge in [-0.05, 0) is 25.5 Å². The topological polar surface area (TPSA) is 38.9 Å². The van der Waals surface area contributed by atoms with Gasteiger partial charge in [-0.1, -0.05) is 17.7 Å². The van der Waals surface area contributed by atoms with Crippen molar-refractivity contribution in [2.75, 3.05) is 0 Å². The summed E-state index contributed by atoms with van der Waals surface area (Å²) in [7, 11) is 0. The molecular weight excluding hydrogens is 212 g/mol. The predicted molar refractivity (Wildman–Crippen MR) is 58.8 cm³/mol. The molecule has 0 bridgehead atoms. The highest BCUT2D eigenvalue weighted by Crippen LogP contribution is 2.23. The number of halogens is 1. The summed E-state index contributed by atoms with van der Waals surface area (Å²) in [5.41, 5.74) is 3.30. The number of rotatable bonds is 2. The molecule has 2 aromatic rings. The van der Waals surface area contributed by atoms with Crippen molar-refractivity contribution < 1.29 is 4.42 Å². The molecule has 15 heavy (non-hydrogen) atoms. The van der Waals surface area contributed by atoms with E-state index in [0.29, 0.717) is 11.8 Å². The molecule has 0 atom stereocenters. The fraction of sp³-hybridized carbons (Fsp3) is 0.273. The standard InChI is InChI=1S/C11H11ClN2O/c1-7-3-4-9(8(2)5-7)11-14-13-10(6-12)15-11/h3-5H,6H2,1-2H3. The van der Waals surface area contributed by atoms with Crippen LogP contribution in [0, 0.1) is 13.8 Å². The Hall–Kier alpha value is -1.35. The summed E-state index contributed by atoms with van der Waals surface area (Å²) >= 11 is 5.60. The van der Waals surface area contributed by atoms with E-state index >= 15 is 0 Å². The van der Waals surface area contributed by atoms with E-state index in [1.807, 2.05) is 19.1 Å². The lowest BCUT2D eigenvalue weighted by Gasteiger charge is -2.01. The summed E-state index contributed by atoms with van der Waals surface area (Å²) in [6.07, 6.45) is 0. The highest BCUT2D eigenvalue weighted by Gasteiger charge is 2.09. The summed E-state index contributed by atoms with van der Waals surface area (Å²) in [6, 6.07) is 6.09. The van der Waals surface area contributed by atoms with Gasteiger partial charge in [0.25, 0.3) is 0 Å². The minimum Gasteiger partial charge on any atom is -0.419 e. The zero-order valence-corrected chi connectivity index (χ0v) is 9.38. The average Bonchev–Trinajstić information content (AvgIpc) is 2.66. The normalized spacial score (nSPS) is 10.6. The van der Waals surface area contributed by atoms with Gasteiger partial charge in [-0.15, -0.1) is 21.8 Å². The maximum absolute atomic E-state index is 5.60. The minimum absolute atomic E-state index is 0.248. The Bertz CT molecular complexity index is 479. The zero-order valence-electron chi connectivity index (χ0n) is 8.62. The van der Waals surface area contributed by atoms with Crippen LogP contribution in [0.5, 0.6) is 0 Å². The number of nitrogens with zero attached hydrogens (tertiary/aromatic N) is 2. The van der Waals surface area contributed by atoms with E-state index in [0.717, 1.165) is 11.1 Å². The summed E-state index contributed by atoms with van der Waals surface area (Å²) < 4.78 is 5.39. The van der Waals surface area contributed by atoms with E-state index < -0.39 is 0 Å². The van der Waals surface area contributed by atoms with Crippen molar-refractivity contribution in [3.05, 3.63) is 35.2 Å². The number of benzene rings is 1. The van der Waals surface area contributed by atoms with Crippen molar-refractivity contribution in [1.29, 1.82) is 0 Å². The maximum atomic E-state index is 5.60. The van der Waals surface area contributed by atoms with Crippen LogP contribution in [0.2, 0.25) is 0 Å². The first-order chi connectivity index (χ1) is 7.20. The SMILES string of the molecule is Cc1ccc(-c2nnc(CCl)o2)c(C)c1. The molecule has 4 heteroatoms. The number of aryl methyl sites for hydroxylation is 2. The van der Waals surface area contributed by atoms with E-state index in [2.05, 4.69) is 23.2 Å². The van der Waals surface area contributed by atoms with Crippen LogP contribution in [0.25, 0.3) is 11.5 Å². The van der Waals surface area contributed by atoms with Crippen LogP contribution < -0.4 is 0 Å². The molecular formula is C11H11ClN2O. The lowest BCUT2D eigenvalue weighted by atomic mass is 10.1. The van der Waals surface area contributed by atoms with E-state index in [1.165, 1.54) is 5.56 Å². The van der Waals surface area contributed by atoms with Crippen molar-refractivity contribution >= 4 is 11.6 Å². The van der Waals surface area contributed by atoms with Crippen molar-refractivity contribution in [2.24, 2.45) is 0 Å². The molecule has 0 radical (unpaired) electrons. The van der Waals surface area contributed by atoms with Gasteiger partial charge < -0.3 is 4.42 Å². The Kier molecular flexibility index (Phi) is 2.73. The Morgan fingerprint density at radius 3 is 2.67 bits per heavy atom. The smallest absolute Gasteiger partial charge is 0.248 e. The number of alkyl halides is 1. The maximum Gasteiger partial charge on any atom is 0.248 e. The summed E-state index contributed by atoms with van der Waals surface area (Å²) in [5.74, 6) is 1.23. The van der Waals surface area contributed by atoms with Crippen molar-refractivity contribution in [1.82, 2.24) is 10.2 Å². The number of hydrogen-bond donors (Lipinski definition) is 0. The van der Waals surface area contributed by atoms with Crippen LogP contribution in [0.4, 0.5) is 0 Å². The highest BCUT2D eigenvalue weighted by atomic mass is 35.5. The molecule has 0 aliphatic rings. The van der Waals surface area contributed by atoms with Crippen LogP contribution in [0.3, 0.4) is 0 Å². The van der Waals surface area contributed by atoms with Crippen molar-refractivity contribution in [3.63, 3.8) is 0 Å². The lowest BCUT2D eigenvalue weighted by Crippen LogP contribution is -1.84.